The number of hydrogen-bond donors (Lipinski definition) is 1. The minimum Gasteiger partial charge on any atom is -0.461 e. The van der Waals surface area contributed by atoms with Crippen LogP contribution in [-0.2, 0) is 9.53 Å². The molecule has 2 N–H and O–H groups in total. The van der Waals surface area contributed by atoms with Crippen LogP contribution in [0, 0.1) is 11.8 Å². The van der Waals surface area contributed by atoms with E-state index in [4.69, 9.17) is 10.5 Å². The van der Waals surface area contributed by atoms with Crippen molar-refractivity contribution in [1.29, 1.82) is 0 Å². The van der Waals surface area contributed by atoms with E-state index in [0.717, 1.165) is 0 Å². The number of nitrogens with two attached hydrogens (primary N) is 1. The Morgan fingerprint density at radius 2 is 1.54 bits per heavy atom. The van der Waals surface area contributed by atoms with Crippen LogP contribution < -0.4 is 5.73 Å². The predicted molar refractivity (Wildman–Crippen MR) is 53.2 cm³/mol. The highest BCUT2D eigenvalue weighted by Crippen LogP contribution is 2.08. The Morgan fingerprint density at radius 3 is 1.85 bits per heavy atom. The molecule has 2 atom stereocenters. The maximum absolute atomic E-state index is 11.4. The Balaban J connectivity index is 4.00. The van der Waals surface area contributed by atoms with E-state index in [0.29, 0.717) is 5.92 Å². The number of hydrogen-bond acceptors (Lipinski definition) is 3. The Labute approximate surface area is 80.6 Å². The zero-order valence-electron chi connectivity index (χ0n) is 9.20. The summed E-state index contributed by atoms with van der Waals surface area (Å²) < 4.78 is 5.17. The Bertz CT molecular complexity index is 166. The summed E-state index contributed by atoms with van der Waals surface area (Å²) in [7, 11) is 0. The van der Waals surface area contributed by atoms with Gasteiger partial charge in [-0.2, -0.15) is 0 Å². The molecule has 0 saturated heterocycles. The quantitative estimate of drug-likeness (QED) is 0.679. The van der Waals surface area contributed by atoms with E-state index in [1.807, 2.05) is 34.6 Å². The smallest absolute Gasteiger partial charge is 0.323 e. The molecule has 13 heavy (non-hydrogen) atoms. The highest BCUT2D eigenvalue weighted by atomic mass is 16.5. The molecule has 0 aromatic heterocycles. The molecule has 3 nitrogen and oxygen atoms in total. The SMILES string of the molecule is CC(C)C(C)OC(=O)[C@@H](N)C(C)C. The van der Waals surface area contributed by atoms with Gasteiger partial charge in [-0.05, 0) is 18.8 Å². The monoisotopic (exact) mass is 187 g/mol. The van der Waals surface area contributed by atoms with Gasteiger partial charge in [-0.15, -0.1) is 0 Å². The summed E-state index contributed by atoms with van der Waals surface area (Å²) in [5.41, 5.74) is 5.63. The van der Waals surface area contributed by atoms with Crippen LogP contribution >= 0.6 is 0 Å². The van der Waals surface area contributed by atoms with Crippen LogP contribution in [0.15, 0.2) is 0 Å². The van der Waals surface area contributed by atoms with Crippen LogP contribution in [0.5, 0.6) is 0 Å². The molecule has 0 heterocycles. The van der Waals surface area contributed by atoms with Gasteiger partial charge in [-0.3, -0.25) is 4.79 Å². The van der Waals surface area contributed by atoms with Crippen LogP contribution in [0.25, 0.3) is 0 Å². The molecule has 3 heteroatoms. The van der Waals surface area contributed by atoms with Crippen LogP contribution in [0.3, 0.4) is 0 Å². The number of ether oxygens (including phenoxy) is 1. The van der Waals surface area contributed by atoms with Crippen LogP contribution in [0.4, 0.5) is 0 Å². The average Bonchev–Trinajstić information content (AvgIpc) is 2.02. The molecule has 0 amide bonds. The van der Waals surface area contributed by atoms with Gasteiger partial charge in [0.1, 0.15) is 12.1 Å². The largest absolute Gasteiger partial charge is 0.461 e. The third kappa shape index (κ3) is 4.27. The first-order chi connectivity index (χ1) is 5.86. The molecule has 0 rings (SSSR count). The molecule has 0 aliphatic carbocycles. The van der Waals surface area contributed by atoms with Crippen molar-refractivity contribution in [3.05, 3.63) is 0 Å². The van der Waals surface area contributed by atoms with Crippen molar-refractivity contribution in [2.24, 2.45) is 17.6 Å². The van der Waals surface area contributed by atoms with Crippen LogP contribution in [-0.4, -0.2) is 18.1 Å². The maximum Gasteiger partial charge on any atom is 0.323 e. The molecule has 0 fully saturated rings. The van der Waals surface area contributed by atoms with Gasteiger partial charge in [0.15, 0.2) is 0 Å². The molecule has 78 valence electrons. The lowest BCUT2D eigenvalue weighted by Gasteiger charge is -2.20. The van der Waals surface area contributed by atoms with E-state index in [1.54, 1.807) is 0 Å². The summed E-state index contributed by atoms with van der Waals surface area (Å²) in [6.07, 6.45) is -0.0581. The van der Waals surface area contributed by atoms with E-state index >= 15 is 0 Å². The van der Waals surface area contributed by atoms with Crippen molar-refractivity contribution in [2.75, 3.05) is 0 Å². The van der Waals surface area contributed by atoms with Gasteiger partial charge < -0.3 is 10.5 Å². The van der Waals surface area contributed by atoms with Gasteiger partial charge in [0.25, 0.3) is 0 Å². The zero-order chi connectivity index (χ0) is 10.6. The number of carbonyl (C=O) groups is 1. The second-order valence-corrected chi connectivity index (χ2v) is 4.16. The summed E-state index contributed by atoms with van der Waals surface area (Å²) in [6, 6.07) is -0.499. The lowest BCUT2D eigenvalue weighted by molar-refractivity contribution is -0.152. The first-order valence-electron chi connectivity index (χ1n) is 4.82. The van der Waals surface area contributed by atoms with E-state index < -0.39 is 6.04 Å². The third-order valence-electron chi connectivity index (χ3n) is 2.23. The Morgan fingerprint density at radius 1 is 1.08 bits per heavy atom. The summed E-state index contributed by atoms with van der Waals surface area (Å²) in [5, 5.41) is 0. The fourth-order valence-corrected chi connectivity index (χ4v) is 0.670. The Hall–Kier alpha value is -0.570. The molecular formula is C10H21NO2. The molecule has 0 aromatic rings. The molecule has 0 saturated carbocycles. The molecule has 0 aliphatic heterocycles. The van der Waals surface area contributed by atoms with Crippen molar-refractivity contribution >= 4 is 5.97 Å². The fourth-order valence-electron chi connectivity index (χ4n) is 0.670. The van der Waals surface area contributed by atoms with Gasteiger partial charge in [0, 0.05) is 0 Å². The minimum atomic E-state index is -0.499. The maximum atomic E-state index is 11.4. The molecule has 0 radical (unpaired) electrons. The van der Waals surface area contributed by atoms with Gasteiger partial charge in [0.05, 0.1) is 0 Å². The van der Waals surface area contributed by atoms with Gasteiger partial charge in [0.2, 0.25) is 0 Å². The lowest BCUT2D eigenvalue weighted by Crippen LogP contribution is -2.39. The van der Waals surface area contributed by atoms with Crippen molar-refractivity contribution in [3.63, 3.8) is 0 Å². The molecule has 1 unspecified atom stereocenters. The third-order valence-corrected chi connectivity index (χ3v) is 2.23. The van der Waals surface area contributed by atoms with E-state index in [2.05, 4.69) is 0 Å². The highest BCUT2D eigenvalue weighted by molar-refractivity contribution is 5.75. The summed E-state index contributed by atoms with van der Waals surface area (Å²) in [5.74, 6) is 0.173. The van der Waals surface area contributed by atoms with Crippen molar-refractivity contribution in [1.82, 2.24) is 0 Å². The van der Waals surface area contributed by atoms with Crippen molar-refractivity contribution in [2.45, 2.75) is 46.8 Å². The van der Waals surface area contributed by atoms with Crippen molar-refractivity contribution < 1.29 is 9.53 Å². The molecular weight excluding hydrogens is 166 g/mol. The summed E-state index contributed by atoms with van der Waals surface area (Å²) in [4.78, 5) is 11.4. The lowest BCUT2D eigenvalue weighted by atomic mass is 10.1. The zero-order valence-corrected chi connectivity index (χ0v) is 9.20. The van der Waals surface area contributed by atoms with Crippen molar-refractivity contribution in [3.8, 4) is 0 Å². The van der Waals surface area contributed by atoms with E-state index in [-0.39, 0.29) is 18.0 Å². The molecule has 0 bridgehead atoms. The van der Waals surface area contributed by atoms with E-state index in [9.17, 15) is 4.79 Å². The first-order valence-corrected chi connectivity index (χ1v) is 4.82. The minimum absolute atomic E-state index is 0.0581. The number of carbonyl (C=O) groups excluding carboxylic acids is 1. The molecule has 0 aromatic carbocycles. The fraction of sp³-hybridized carbons (Fsp3) is 0.900. The van der Waals surface area contributed by atoms with Crippen LogP contribution in [0.2, 0.25) is 0 Å². The first kappa shape index (κ1) is 12.4. The second-order valence-electron chi connectivity index (χ2n) is 4.16. The summed E-state index contributed by atoms with van der Waals surface area (Å²) in [6.45, 7) is 9.73. The number of esters is 1. The second kappa shape index (κ2) is 5.22. The van der Waals surface area contributed by atoms with Crippen LogP contribution in [0.1, 0.15) is 34.6 Å². The highest BCUT2D eigenvalue weighted by Gasteiger charge is 2.21. The standard InChI is InChI=1S/C10H21NO2/c1-6(2)8(5)13-10(12)9(11)7(3)4/h6-9H,11H2,1-5H3/t8?,9-/m0/s1. The molecule has 0 spiro atoms. The molecule has 0 aliphatic rings. The van der Waals surface area contributed by atoms with Gasteiger partial charge in [-0.25, -0.2) is 0 Å². The summed E-state index contributed by atoms with van der Waals surface area (Å²) >= 11 is 0. The predicted octanol–water partition coefficient (Wildman–Crippen LogP) is 1.56. The van der Waals surface area contributed by atoms with Gasteiger partial charge in [-0.1, -0.05) is 27.7 Å². The Kier molecular flexibility index (Phi) is 4.99. The average molecular weight is 187 g/mol. The van der Waals surface area contributed by atoms with E-state index in [1.165, 1.54) is 0 Å². The normalized spacial score (nSPS) is 16.0. The van der Waals surface area contributed by atoms with Gasteiger partial charge >= 0.3 is 5.97 Å². The number of rotatable bonds is 4. The topological polar surface area (TPSA) is 52.3 Å².